The first-order valence-corrected chi connectivity index (χ1v) is 11.7. The van der Waals surface area contributed by atoms with Crippen LogP contribution in [-0.2, 0) is 25.6 Å². The quantitative estimate of drug-likeness (QED) is 0.660. The second kappa shape index (κ2) is 11.9. The third kappa shape index (κ3) is 8.37. The topological polar surface area (TPSA) is 97.4 Å². The molecule has 0 radical (unpaired) electrons. The van der Waals surface area contributed by atoms with Gasteiger partial charge in [0.25, 0.3) is 0 Å². The van der Waals surface area contributed by atoms with Gasteiger partial charge in [0, 0.05) is 31.8 Å². The van der Waals surface area contributed by atoms with Crippen molar-refractivity contribution in [1.82, 2.24) is 15.1 Å². The predicted octanol–water partition coefficient (Wildman–Crippen LogP) is 3.10. The van der Waals surface area contributed by atoms with E-state index in [2.05, 4.69) is 5.32 Å². The van der Waals surface area contributed by atoms with E-state index in [-0.39, 0.29) is 30.8 Å². The number of amides is 3. The molecule has 2 aliphatic heterocycles. The van der Waals surface area contributed by atoms with E-state index in [1.54, 1.807) is 15.9 Å². The third-order valence-electron chi connectivity index (χ3n) is 5.54. The molecule has 0 spiro atoms. The third-order valence-corrected chi connectivity index (χ3v) is 5.54. The van der Waals surface area contributed by atoms with E-state index in [0.29, 0.717) is 45.6 Å². The van der Waals surface area contributed by atoms with Crippen molar-refractivity contribution in [2.45, 2.75) is 58.0 Å². The van der Waals surface area contributed by atoms with Crippen LogP contribution in [0.25, 0.3) is 0 Å². The molecular weight excluding hydrogens is 438 g/mol. The van der Waals surface area contributed by atoms with Gasteiger partial charge < -0.3 is 29.3 Å². The average molecular weight is 474 g/mol. The molecule has 0 aromatic heterocycles. The van der Waals surface area contributed by atoms with Gasteiger partial charge in [0.15, 0.2) is 0 Å². The van der Waals surface area contributed by atoms with Crippen LogP contribution in [0.2, 0.25) is 0 Å². The minimum Gasteiger partial charge on any atom is -0.445 e. The zero-order valence-corrected chi connectivity index (χ0v) is 20.2. The van der Waals surface area contributed by atoms with Gasteiger partial charge in [-0.15, -0.1) is 0 Å². The molecule has 0 aliphatic carbocycles. The number of rotatable bonds is 5. The van der Waals surface area contributed by atoms with Crippen molar-refractivity contribution < 1.29 is 28.6 Å². The van der Waals surface area contributed by atoms with E-state index < -0.39 is 11.7 Å². The number of piperidine rings is 1. The highest BCUT2D eigenvalue weighted by Gasteiger charge is 2.28. The minimum absolute atomic E-state index is 0.0274. The molecule has 9 heteroatoms. The van der Waals surface area contributed by atoms with Crippen molar-refractivity contribution in [3.8, 4) is 0 Å². The van der Waals surface area contributed by atoms with Gasteiger partial charge in [-0.3, -0.25) is 4.79 Å². The summed E-state index contributed by atoms with van der Waals surface area (Å²) in [5.41, 5.74) is 0.372. The molecule has 1 N–H and O–H groups in total. The monoisotopic (exact) mass is 473 g/mol. The number of nitrogens with zero attached hydrogens (tertiary/aromatic N) is 2. The van der Waals surface area contributed by atoms with E-state index in [9.17, 15) is 14.4 Å². The number of carbonyl (C=O) groups is 3. The van der Waals surface area contributed by atoms with E-state index >= 15 is 0 Å². The fourth-order valence-corrected chi connectivity index (χ4v) is 3.75. The SMILES string of the molecule is CC(C)(C)OC(=O)N1CCOC(C=CC(=O)N2CCC(NC(=O)OCc3ccccc3)CC2)C1. The summed E-state index contributed by atoms with van der Waals surface area (Å²) in [7, 11) is 0. The molecule has 2 fully saturated rings. The van der Waals surface area contributed by atoms with Crippen molar-refractivity contribution in [1.29, 1.82) is 0 Å². The number of morpholine rings is 1. The van der Waals surface area contributed by atoms with Gasteiger partial charge in [0.05, 0.1) is 19.3 Å². The number of ether oxygens (including phenoxy) is 3. The van der Waals surface area contributed by atoms with Crippen LogP contribution in [0.3, 0.4) is 0 Å². The van der Waals surface area contributed by atoms with Crippen molar-refractivity contribution >= 4 is 18.1 Å². The molecule has 1 atom stereocenters. The lowest BCUT2D eigenvalue weighted by atomic mass is 10.1. The fourth-order valence-electron chi connectivity index (χ4n) is 3.75. The van der Waals surface area contributed by atoms with Gasteiger partial charge in [0.2, 0.25) is 5.91 Å². The van der Waals surface area contributed by atoms with Crippen LogP contribution >= 0.6 is 0 Å². The molecule has 3 rings (SSSR count). The lowest BCUT2D eigenvalue weighted by molar-refractivity contribution is -0.127. The predicted molar refractivity (Wildman–Crippen MR) is 126 cm³/mol. The van der Waals surface area contributed by atoms with E-state index in [4.69, 9.17) is 14.2 Å². The summed E-state index contributed by atoms with van der Waals surface area (Å²) in [6.45, 7) is 7.99. The Balaban J connectivity index is 1.37. The summed E-state index contributed by atoms with van der Waals surface area (Å²) < 4.78 is 16.4. The van der Waals surface area contributed by atoms with Gasteiger partial charge in [-0.2, -0.15) is 0 Å². The Kier molecular flexibility index (Phi) is 8.92. The standard InChI is InChI=1S/C25H35N3O6/c1-25(2,3)34-24(31)28-15-16-32-21(17-28)9-10-22(29)27-13-11-20(12-14-27)26-23(30)33-18-19-7-5-4-6-8-19/h4-10,20-21H,11-18H2,1-3H3,(H,26,30). The number of hydrogen-bond donors (Lipinski definition) is 1. The second-order valence-electron chi connectivity index (χ2n) is 9.50. The number of nitrogens with one attached hydrogen (secondary N) is 1. The highest BCUT2D eigenvalue weighted by Crippen LogP contribution is 2.15. The Morgan fingerprint density at radius 3 is 2.47 bits per heavy atom. The molecule has 1 aromatic rings. The molecule has 3 amide bonds. The first kappa shape index (κ1) is 25.6. The van der Waals surface area contributed by atoms with Crippen molar-refractivity contribution in [2.24, 2.45) is 0 Å². The maximum atomic E-state index is 12.6. The van der Waals surface area contributed by atoms with Gasteiger partial charge in [0.1, 0.15) is 12.2 Å². The van der Waals surface area contributed by atoms with E-state index in [0.717, 1.165) is 5.56 Å². The maximum Gasteiger partial charge on any atom is 0.410 e. The largest absolute Gasteiger partial charge is 0.445 e. The van der Waals surface area contributed by atoms with Gasteiger partial charge >= 0.3 is 12.2 Å². The molecule has 9 nitrogen and oxygen atoms in total. The van der Waals surface area contributed by atoms with Crippen molar-refractivity contribution in [3.05, 3.63) is 48.0 Å². The molecule has 1 unspecified atom stereocenters. The van der Waals surface area contributed by atoms with Crippen molar-refractivity contribution in [3.63, 3.8) is 0 Å². The van der Waals surface area contributed by atoms with E-state index in [1.807, 2.05) is 51.1 Å². The first-order valence-electron chi connectivity index (χ1n) is 11.7. The smallest absolute Gasteiger partial charge is 0.410 e. The number of benzene rings is 1. The molecule has 2 saturated heterocycles. The zero-order chi connectivity index (χ0) is 24.6. The van der Waals surface area contributed by atoms with Gasteiger partial charge in [-0.05, 0) is 45.3 Å². The van der Waals surface area contributed by atoms with Crippen LogP contribution in [0.5, 0.6) is 0 Å². The Labute approximate surface area is 201 Å². The molecule has 0 bridgehead atoms. The van der Waals surface area contributed by atoms with Crippen LogP contribution in [0.15, 0.2) is 42.5 Å². The van der Waals surface area contributed by atoms with Crippen LogP contribution in [-0.4, -0.2) is 78.4 Å². The summed E-state index contributed by atoms with van der Waals surface area (Å²) in [4.78, 5) is 40.3. The Morgan fingerprint density at radius 1 is 1.09 bits per heavy atom. The molecule has 2 heterocycles. The fraction of sp³-hybridized carbons (Fsp3) is 0.560. The van der Waals surface area contributed by atoms with Gasteiger partial charge in [-0.1, -0.05) is 30.3 Å². The summed E-state index contributed by atoms with van der Waals surface area (Å²) in [5.74, 6) is -0.108. The zero-order valence-electron chi connectivity index (χ0n) is 20.2. The number of carbonyl (C=O) groups excluding carboxylic acids is 3. The highest BCUT2D eigenvalue weighted by molar-refractivity contribution is 5.87. The Hall–Kier alpha value is -3.07. The Morgan fingerprint density at radius 2 is 1.79 bits per heavy atom. The molecule has 34 heavy (non-hydrogen) atoms. The van der Waals surface area contributed by atoms with E-state index in [1.165, 1.54) is 6.08 Å². The number of alkyl carbamates (subject to hydrolysis) is 1. The van der Waals surface area contributed by atoms with Crippen LogP contribution in [0, 0.1) is 0 Å². The molecule has 2 aliphatic rings. The summed E-state index contributed by atoms with van der Waals surface area (Å²) in [6, 6.07) is 9.48. The molecule has 1 aromatic carbocycles. The summed E-state index contributed by atoms with van der Waals surface area (Å²) in [5, 5.41) is 2.88. The first-order chi connectivity index (χ1) is 16.2. The van der Waals surface area contributed by atoms with Crippen LogP contribution in [0.1, 0.15) is 39.2 Å². The Bertz CT molecular complexity index is 859. The van der Waals surface area contributed by atoms with Gasteiger partial charge in [-0.25, -0.2) is 9.59 Å². The van der Waals surface area contributed by atoms with Crippen molar-refractivity contribution in [2.75, 3.05) is 32.8 Å². The molecule has 0 saturated carbocycles. The average Bonchev–Trinajstić information content (AvgIpc) is 2.81. The minimum atomic E-state index is -0.559. The number of hydrogen-bond acceptors (Lipinski definition) is 6. The summed E-state index contributed by atoms with van der Waals surface area (Å²) in [6.07, 6.45) is 3.34. The second-order valence-corrected chi connectivity index (χ2v) is 9.50. The molecule has 186 valence electrons. The van der Waals surface area contributed by atoms with Crippen LogP contribution in [0.4, 0.5) is 9.59 Å². The lowest BCUT2D eigenvalue weighted by Crippen LogP contribution is -2.47. The normalized spacial score (nSPS) is 19.7. The lowest BCUT2D eigenvalue weighted by Gasteiger charge is -2.33. The van der Waals surface area contributed by atoms with Crippen LogP contribution < -0.4 is 5.32 Å². The summed E-state index contributed by atoms with van der Waals surface area (Å²) >= 11 is 0. The highest BCUT2D eigenvalue weighted by atomic mass is 16.6. The molecular formula is C25H35N3O6. The maximum absolute atomic E-state index is 12.6. The number of likely N-dealkylation sites (tertiary alicyclic amines) is 1.